The summed E-state index contributed by atoms with van der Waals surface area (Å²) in [6.07, 6.45) is 5.15. The van der Waals surface area contributed by atoms with E-state index in [1.165, 1.54) is 12.1 Å². The van der Waals surface area contributed by atoms with Crippen LogP contribution in [0.1, 0.15) is 66.8 Å². The highest BCUT2D eigenvalue weighted by Crippen LogP contribution is 2.33. The first-order chi connectivity index (χ1) is 18.4. The van der Waals surface area contributed by atoms with Gasteiger partial charge in [-0.15, -0.1) is 11.5 Å². The molecule has 1 heterocycles. The average Bonchev–Trinajstić information content (AvgIpc) is 3.25. The van der Waals surface area contributed by atoms with Crippen molar-refractivity contribution in [1.82, 2.24) is 15.1 Å². The molecule has 0 aliphatic carbocycles. The minimum Gasteiger partial charge on any atom is -0.479 e. The van der Waals surface area contributed by atoms with Crippen LogP contribution in [0, 0.1) is 17.8 Å². The summed E-state index contributed by atoms with van der Waals surface area (Å²) < 4.78 is 11.6. The van der Waals surface area contributed by atoms with Crippen LogP contribution < -0.4 is 15.8 Å². The van der Waals surface area contributed by atoms with Crippen LogP contribution >= 0.6 is 39.1 Å². The molecule has 1 aromatic heterocycles. The van der Waals surface area contributed by atoms with Crippen LogP contribution in [0.25, 0.3) is 5.69 Å². The number of nitrogens with one attached hydrogen (secondary N) is 1. The minimum absolute atomic E-state index is 0.0244. The Kier molecular flexibility index (Phi) is 11.1. The summed E-state index contributed by atoms with van der Waals surface area (Å²) in [7, 11) is 0. The topological polar surface area (TPSA) is 86.4 Å². The number of nitrogens with zero attached hydrogens (tertiary/aromatic N) is 2. The van der Waals surface area contributed by atoms with E-state index in [1.807, 2.05) is 85.7 Å². The number of carbonyl (C=O) groups excluding carboxylic acids is 1. The lowest BCUT2D eigenvalue weighted by Crippen LogP contribution is -2.47. The number of carbonyl (C=O) groups is 1. The Labute approximate surface area is 254 Å². The quantitative estimate of drug-likeness (QED) is 0.223. The van der Waals surface area contributed by atoms with E-state index in [0.29, 0.717) is 17.3 Å². The smallest absolute Gasteiger partial charge is 0.442 e. The van der Waals surface area contributed by atoms with Crippen LogP contribution in [-0.2, 0) is 15.7 Å². The molecule has 0 aliphatic heterocycles. The fraction of sp³-hybridized carbons (Fsp3) is 0.433. The molecule has 40 heavy (non-hydrogen) atoms. The van der Waals surface area contributed by atoms with E-state index < -0.39 is 11.2 Å². The number of hydrogen-bond acceptors (Lipinski definition) is 5. The fourth-order valence-corrected chi connectivity index (χ4v) is 3.97. The third-order valence-electron chi connectivity index (χ3n) is 5.65. The summed E-state index contributed by atoms with van der Waals surface area (Å²) in [4.78, 5) is 24.0. The molecule has 0 spiro atoms. The molecule has 1 amide bonds. The van der Waals surface area contributed by atoms with Crippen molar-refractivity contribution in [3.05, 3.63) is 74.5 Å². The summed E-state index contributed by atoms with van der Waals surface area (Å²) in [6, 6.07) is 13.0. The maximum atomic E-state index is 12.2. The zero-order chi connectivity index (χ0) is 30.5. The van der Waals surface area contributed by atoms with E-state index in [4.69, 9.17) is 38.8 Å². The van der Waals surface area contributed by atoms with Crippen LogP contribution in [0.5, 0.6) is 5.75 Å². The first-order valence-electron chi connectivity index (χ1n) is 12.6. The Morgan fingerprint density at radius 3 is 2.20 bits per heavy atom. The number of terminal acetylenes is 1. The molecule has 2 aromatic carbocycles. The number of halogens is 3. The molecule has 0 bridgehead atoms. The molecule has 1 N–H and O–H groups in total. The van der Waals surface area contributed by atoms with Gasteiger partial charge in [0.1, 0.15) is 12.4 Å². The zero-order valence-electron chi connectivity index (χ0n) is 24.1. The highest BCUT2D eigenvalue weighted by molar-refractivity contribution is 9.10. The van der Waals surface area contributed by atoms with Gasteiger partial charge in [0.05, 0.1) is 26.1 Å². The minimum atomic E-state index is -0.642. The number of alkyl halides is 1. The Hall–Kier alpha value is -2.73. The van der Waals surface area contributed by atoms with Crippen LogP contribution in [0.15, 0.2) is 51.7 Å². The predicted molar refractivity (Wildman–Crippen MR) is 165 cm³/mol. The third-order valence-corrected chi connectivity index (χ3v) is 8.04. The van der Waals surface area contributed by atoms with Crippen LogP contribution in [0.3, 0.4) is 0 Å². The number of rotatable bonds is 6. The lowest BCUT2D eigenvalue weighted by molar-refractivity contribution is -0.123. The van der Waals surface area contributed by atoms with Gasteiger partial charge in [0.15, 0.2) is 0 Å². The number of aromatic nitrogens is 2. The number of hydrogen-bond donors (Lipinski definition) is 1. The third kappa shape index (κ3) is 8.89. The summed E-state index contributed by atoms with van der Waals surface area (Å²) in [6.45, 7) is 15.9. The van der Waals surface area contributed by atoms with E-state index in [-0.39, 0.29) is 38.3 Å². The highest BCUT2D eigenvalue weighted by atomic mass is 79.9. The average molecular weight is 653 g/mol. The van der Waals surface area contributed by atoms with E-state index in [9.17, 15) is 9.59 Å². The largest absolute Gasteiger partial charge is 0.479 e. The fourth-order valence-electron chi connectivity index (χ4n) is 3.34. The normalized spacial score (nSPS) is 12.6. The highest BCUT2D eigenvalue weighted by Gasteiger charge is 2.32. The lowest BCUT2D eigenvalue weighted by atomic mass is 9.89. The molecule has 3 rings (SSSR count). The van der Waals surface area contributed by atoms with Crippen molar-refractivity contribution in [2.75, 3.05) is 6.61 Å². The Balaban J connectivity index is 0.000000286. The van der Waals surface area contributed by atoms with E-state index in [1.54, 1.807) is 0 Å². The van der Waals surface area contributed by atoms with E-state index >= 15 is 0 Å². The summed E-state index contributed by atoms with van der Waals surface area (Å²) in [5.41, 5.74) is 0.535. The maximum absolute atomic E-state index is 12.2. The second-order valence-electron chi connectivity index (χ2n) is 11.8. The van der Waals surface area contributed by atoms with Crippen molar-refractivity contribution in [2.24, 2.45) is 5.41 Å². The summed E-state index contributed by atoms with van der Waals surface area (Å²) in [5.74, 6) is 2.33. The molecule has 10 heteroatoms. The second kappa shape index (κ2) is 13.3. The van der Waals surface area contributed by atoms with Gasteiger partial charge in [-0.2, -0.15) is 4.68 Å². The van der Waals surface area contributed by atoms with Crippen LogP contribution in [0.4, 0.5) is 0 Å². The van der Waals surface area contributed by atoms with Gasteiger partial charge in [-0.05, 0) is 30.9 Å². The van der Waals surface area contributed by atoms with Gasteiger partial charge in [-0.25, -0.2) is 4.79 Å². The molecule has 216 valence electrons. The second-order valence-corrected chi connectivity index (χ2v) is 13.5. The molecule has 3 aromatic rings. The monoisotopic (exact) mass is 651 g/mol. The van der Waals surface area contributed by atoms with Crippen molar-refractivity contribution >= 4 is 45.0 Å². The number of amides is 1. The van der Waals surface area contributed by atoms with Crippen molar-refractivity contribution in [1.29, 1.82) is 0 Å². The van der Waals surface area contributed by atoms with Gasteiger partial charge in [-0.1, -0.05) is 117 Å². The molecule has 0 saturated heterocycles. The molecule has 1 atom stereocenters. The molecule has 0 fully saturated rings. The van der Waals surface area contributed by atoms with E-state index in [0.717, 1.165) is 10.2 Å². The predicted octanol–water partition coefficient (Wildman–Crippen LogP) is 7.29. The molecule has 0 aliphatic rings. The maximum Gasteiger partial charge on any atom is 0.442 e. The van der Waals surface area contributed by atoms with Crippen molar-refractivity contribution < 1.29 is 13.9 Å². The van der Waals surface area contributed by atoms with Gasteiger partial charge in [0.25, 0.3) is 0 Å². The van der Waals surface area contributed by atoms with Gasteiger partial charge in [-0.3, -0.25) is 4.79 Å². The van der Waals surface area contributed by atoms with Gasteiger partial charge < -0.3 is 14.5 Å². The SMILES string of the molecule is C#CCOc1cc(-n2nc(C(C)(C)C)oc2=O)c(Cl)cc1Cl.CC(C)(NC(=O)C(Br)C(C)(C)C)c1ccccc1. The zero-order valence-corrected chi connectivity index (χ0v) is 27.2. The summed E-state index contributed by atoms with van der Waals surface area (Å²) >= 11 is 15.7. The van der Waals surface area contributed by atoms with Crippen LogP contribution in [0.2, 0.25) is 10.0 Å². The molecule has 0 saturated carbocycles. The van der Waals surface area contributed by atoms with Crippen molar-refractivity contribution in [3.8, 4) is 23.8 Å². The Morgan fingerprint density at radius 1 is 1.10 bits per heavy atom. The first-order valence-corrected chi connectivity index (χ1v) is 14.2. The molecule has 7 nitrogen and oxygen atoms in total. The van der Waals surface area contributed by atoms with E-state index in [2.05, 4.69) is 32.3 Å². The molecule has 1 unspecified atom stereocenters. The van der Waals surface area contributed by atoms with Crippen molar-refractivity contribution in [3.63, 3.8) is 0 Å². The number of benzene rings is 2. The Bertz CT molecular complexity index is 1410. The standard InChI is InChI=1S/C15H22BrNO.C15H14Cl2N2O3/c1-14(2,3)12(16)13(18)17-15(4,5)11-9-7-6-8-10-11;1-5-6-21-12-8-11(9(16)7-10(12)17)19-14(20)22-13(18-19)15(2,3)4/h6-10,12H,1-5H3,(H,17,18);1,7-8H,6H2,2-4H3. The molecular weight excluding hydrogens is 617 g/mol. The lowest BCUT2D eigenvalue weighted by Gasteiger charge is -2.31. The first kappa shape index (κ1) is 33.5. The molecule has 0 radical (unpaired) electrons. The molecular formula is C30H36BrCl2N3O4. The van der Waals surface area contributed by atoms with Gasteiger partial charge in [0, 0.05) is 11.5 Å². The van der Waals surface area contributed by atoms with Gasteiger partial charge >= 0.3 is 5.76 Å². The van der Waals surface area contributed by atoms with Gasteiger partial charge in [0.2, 0.25) is 11.8 Å². The summed E-state index contributed by atoms with van der Waals surface area (Å²) in [5, 5.41) is 7.80. The van der Waals surface area contributed by atoms with Crippen LogP contribution in [-0.4, -0.2) is 27.1 Å². The number of ether oxygens (including phenoxy) is 1. The Morgan fingerprint density at radius 2 is 1.70 bits per heavy atom. The van der Waals surface area contributed by atoms with Crippen molar-refractivity contribution in [2.45, 2.75) is 71.2 Å².